The first kappa shape index (κ1) is 18.6. The first-order valence-electron chi connectivity index (χ1n) is 9.10. The van der Waals surface area contributed by atoms with E-state index >= 15 is 0 Å². The van der Waals surface area contributed by atoms with E-state index in [4.69, 9.17) is 18.9 Å². The molecule has 3 rings (SSSR count). The SMILES string of the molecule is CN=C(NCCc1c(OC)cc(OC)cc1OC)NC1CC2CCC1O2. The number of nitrogens with zero attached hydrogens (tertiary/aromatic N) is 1. The Labute approximate surface area is 155 Å². The van der Waals surface area contributed by atoms with E-state index in [1.165, 1.54) is 6.42 Å². The molecule has 3 atom stereocenters. The first-order valence-corrected chi connectivity index (χ1v) is 9.10. The maximum absolute atomic E-state index is 5.90. The standard InChI is InChI=1S/C19H29N3O4/c1-20-19(22-15-9-12-5-6-16(15)26-12)21-8-7-14-17(24-3)10-13(23-2)11-18(14)25-4/h10-12,15-16H,5-9H2,1-4H3,(H2,20,21,22). The molecule has 0 saturated carbocycles. The van der Waals surface area contributed by atoms with Crippen molar-refractivity contribution in [1.82, 2.24) is 10.6 Å². The van der Waals surface area contributed by atoms with Crippen LogP contribution >= 0.6 is 0 Å². The van der Waals surface area contributed by atoms with Crippen LogP contribution < -0.4 is 24.8 Å². The Morgan fingerprint density at radius 2 is 1.88 bits per heavy atom. The molecule has 0 amide bonds. The van der Waals surface area contributed by atoms with Crippen LogP contribution in [0.1, 0.15) is 24.8 Å². The van der Waals surface area contributed by atoms with Crippen LogP contribution in [0.2, 0.25) is 0 Å². The summed E-state index contributed by atoms with van der Waals surface area (Å²) in [5.74, 6) is 3.03. The molecule has 0 aliphatic carbocycles. The second kappa shape index (κ2) is 8.49. The van der Waals surface area contributed by atoms with E-state index in [1.807, 2.05) is 12.1 Å². The summed E-state index contributed by atoms with van der Waals surface area (Å²) in [5.41, 5.74) is 1.00. The maximum atomic E-state index is 5.90. The van der Waals surface area contributed by atoms with Crippen LogP contribution in [0.15, 0.2) is 17.1 Å². The number of benzene rings is 1. The van der Waals surface area contributed by atoms with Gasteiger partial charge in [-0.15, -0.1) is 0 Å². The number of nitrogens with one attached hydrogen (secondary N) is 2. The molecule has 2 aliphatic heterocycles. The van der Waals surface area contributed by atoms with Crippen molar-refractivity contribution in [3.63, 3.8) is 0 Å². The number of hydrogen-bond donors (Lipinski definition) is 2. The van der Waals surface area contributed by atoms with Gasteiger partial charge in [-0.25, -0.2) is 0 Å². The summed E-state index contributed by atoms with van der Waals surface area (Å²) in [7, 11) is 6.73. The van der Waals surface area contributed by atoms with E-state index in [-0.39, 0.29) is 0 Å². The summed E-state index contributed by atoms with van der Waals surface area (Å²) in [6.45, 7) is 0.709. The molecule has 1 aromatic rings. The van der Waals surface area contributed by atoms with Crippen LogP contribution in [0.4, 0.5) is 0 Å². The lowest BCUT2D eigenvalue weighted by Gasteiger charge is -2.23. The smallest absolute Gasteiger partial charge is 0.191 e. The Hall–Kier alpha value is -2.15. The summed E-state index contributed by atoms with van der Waals surface area (Å²) in [5, 5.41) is 6.87. The van der Waals surface area contributed by atoms with Gasteiger partial charge in [-0.3, -0.25) is 4.99 Å². The zero-order valence-electron chi connectivity index (χ0n) is 16.0. The van der Waals surface area contributed by atoms with E-state index in [9.17, 15) is 0 Å². The minimum absolute atomic E-state index is 0.320. The summed E-state index contributed by atoms with van der Waals surface area (Å²) in [6, 6.07) is 4.10. The second-order valence-electron chi connectivity index (χ2n) is 6.62. The summed E-state index contributed by atoms with van der Waals surface area (Å²) in [4.78, 5) is 4.34. The third-order valence-corrected chi connectivity index (χ3v) is 5.14. The van der Waals surface area contributed by atoms with Crippen LogP contribution in [0.3, 0.4) is 0 Å². The fourth-order valence-corrected chi connectivity index (χ4v) is 3.79. The van der Waals surface area contributed by atoms with E-state index in [0.717, 1.165) is 42.3 Å². The normalized spacial score (nSPS) is 24.5. The zero-order valence-corrected chi connectivity index (χ0v) is 16.0. The molecule has 3 unspecified atom stereocenters. The van der Waals surface area contributed by atoms with Crippen LogP contribution in [0, 0.1) is 0 Å². The predicted molar refractivity (Wildman–Crippen MR) is 101 cm³/mol. The zero-order chi connectivity index (χ0) is 18.5. The molecule has 0 radical (unpaired) electrons. The quantitative estimate of drug-likeness (QED) is 0.568. The number of fused-ring (bicyclic) bond motifs is 2. The van der Waals surface area contributed by atoms with Gasteiger partial charge in [0.15, 0.2) is 5.96 Å². The summed E-state index contributed by atoms with van der Waals surface area (Å²) in [6.07, 6.45) is 4.87. The molecule has 2 N–H and O–H groups in total. The monoisotopic (exact) mass is 363 g/mol. The average Bonchev–Trinajstić information content (AvgIpc) is 3.29. The Balaban J connectivity index is 1.58. The number of methoxy groups -OCH3 is 3. The third kappa shape index (κ3) is 3.98. The Bertz CT molecular complexity index is 625. The highest BCUT2D eigenvalue weighted by Crippen LogP contribution is 2.35. The van der Waals surface area contributed by atoms with E-state index in [1.54, 1.807) is 28.4 Å². The minimum atomic E-state index is 0.320. The number of rotatable bonds is 7. The maximum Gasteiger partial charge on any atom is 0.191 e. The molecule has 2 saturated heterocycles. The van der Waals surface area contributed by atoms with Crippen molar-refractivity contribution in [1.29, 1.82) is 0 Å². The molecule has 0 spiro atoms. The van der Waals surface area contributed by atoms with Gasteiger partial charge in [0.2, 0.25) is 0 Å². The van der Waals surface area contributed by atoms with Gasteiger partial charge >= 0.3 is 0 Å². The molecule has 1 aromatic carbocycles. The molecule has 7 heteroatoms. The lowest BCUT2D eigenvalue weighted by Crippen LogP contribution is -2.47. The van der Waals surface area contributed by atoms with Crippen molar-refractivity contribution in [2.24, 2.45) is 4.99 Å². The fraction of sp³-hybridized carbons (Fsp3) is 0.632. The van der Waals surface area contributed by atoms with Crippen LogP contribution in [0.25, 0.3) is 0 Å². The highest BCUT2D eigenvalue weighted by molar-refractivity contribution is 5.80. The molecule has 0 aromatic heterocycles. The lowest BCUT2D eigenvalue weighted by atomic mass is 9.96. The Morgan fingerprint density at radius 1 is 1.15 bits per heavy atom. The van der Waals surface area contributed by atoms with Crippen LogP contribution in [-0.2, 0) is 11.2 Å². The largest absolute Gasteiger partial charge is 0.496 e. The Morgan fingerprint density at radius 3 is 2.38 bits per heavy atom. The predicted octanol–water partition coefficient (Wildman–Crippen LogP) is 1.74. The highest BCUT2D eigenvalue weighted by atomic mass is 16.5. The van der Waals surface area contributed by atoms with Gasteiger partial charge in [-0.2, -0.15) is 0 Å². The average molecular weight is 363 g/mol. The number of hydrogen-bond acceptors (Lipinski definition) is 5. The second-order valence-corrected chi connectivity index (χ2v) is 6.62. The number of aliphatic imine (C=N–C) groups is 1. The molecule has 144 valence electrons. The van der Waals surface area contributed by atoms with Crippen molar-refractivity contribution in [2.45, 2.75) is 43.9 Å². The van der Waals surface area contributed by atoms with Gasteiger partial charge in [0, 0.05) is 31.3 Å². The number of guanidine groups is 1. The highest BCUT2D eigenvalue weighted by Gasteiger charge is 2.41. The van der Waals surface area contributed by atoms with Crippen LogP contribution in [-0.4, -0.2) is 59.1 Å². The summed E-state index contributed by atoms with van der Waals surface area (Å²) >= 11 is 0. The van der Waals surface area contributed by atoms with Crippen molar-refractivity contribution < 1.29 is 18.9 Å². The summed E-state index contributed by atoms with van der Waals surface area (Å²) < 4.78 is 22.2. The molecular weight excluding hydrogens is 334 g/mol. The lowest BCUT2D eigenvalue weighted by molar-refractivity contribution is 0.0992. The topological polar surface area (TPSA) is 73.3 Å². The van der Waals surface area contributed by atoms with Gasteiger partial charge in [0.25, 0.3) is 0 Å². The van der Waals surface area contributed by atoms with Crippen molar-refractivity contribution >= 4 is 5.96 Å². The molecule has 7 nitrogen and oxygen atoms in total. The molecule has 2 aliphatic rings. The van der Waals surface area contributed by atoms with Gasteiger partial charge < -0.3 is 29.6 Å². The van der Waals surface area contributed by atoms with E-state index in [0.29, 0.717) is 30.5 Å². The fourth-order valence-electron chi connectivity index (χ4n) is 3.79. The molecular formula is C19H29N3O4. The first-order chi connectivity index (χ1) is 12.7. The van der Waals surface area contributed by atoms with Gasteiger partial charge in [-0.05, 0) is 25.7 Å². The number of ether oxygens (including phenoxy) is 4. The third-order valence-electron chi connectivity index (χ3n) is 5.14. The van der Waals surface area contributed by atoms with Gasteiger partial charge in [0.1, 0.15) is 17.2 Å². The van der Waals surface area contributed by atoms with E-state index in [2.05, 4.69) is 15.6 Å². The van der Waals surface area contributed by atoms with Crippen molar-refractivity contribution in [2.75, 3.05) is 34.9 Å². The molecule has 2 bridgehead atoms. The molecule has 2 fully saturated rings. The molecule has 2 heterocycles. The minimum Gasteiger partial charge on any atom is -0.496 e. The van der Waals surface area contributed by atoms with Gasteiger partial charge in [-0.1, -0.05) is 0 Å². The molecule has 26 heavy (non-hydrogen) atoms. The van der Waals surface area contributed by atoms with Crippen molar-refractivity contribution in [3.8, 4) is 17.2 Å². The van der Waals surface area contributed by atoms with Crippen LogP contribution in [0.5, 0.6) is 17.2 Å². The van der Waals surface area contributed by atoms with E-state index < -0.39 is 0 Å². The van der Waals surface area contributed by atoms with Gasteiger partial charge in [0.05, 0.1) is 39.6 Å². The Kier molecular flexibility index (Phi) is 6.08. The van der Waals surface area contributed by atoms with Crippen molar-refractivity contribution in [3.05, 3.63) is 17.7 Å².